The van der Waals surface area contributed by atoms with Gasteiger partial charge in [-0.15, -0.1) is 0 Å². The molecular formula is C39H67N7O10. The summed E-state index contributed by atoms with van der Waals surface area (Å²) in [5, 5.41) is 11.5. The highest BCUT2D eigenvalue weighted by Gasteiger charge is 2.40. The van der Waals surface area contributed by atoms with Gasteiger partial charge in [0.15, 0.2) is 5.78 Å². The van der Waals surface area contributed by atoms with Crippen LogP contribution < -0.4 is 11.4 Å². The van der Waals surface area contributed by atoms with E-state index in [0.717, 1.165) is 0 Å². The van der Waals surface area contributed by atoms with Gasteiger partial charge in [-0.1, -0.05) is 13.3 Å². The minimum atomic E-state index is -1.49. The molecule has 3 amide bonds. The molecule has 56 heavy (non-hydrogen) atoms. The second kappa shape index (κ2) is 19.9. The Morgan fingerprint density at radius 1 is 0.786 bits per heavy atom. The molecule has 2 saturated heterocycles. The Kier molecular flexibility index (Phi) is 16.5. The molecule has 3 rings (SSSR count). The molecule has 3 heterocycles. The first-order chi connectivity index (χ1) is 26.0. The molecule has 2 aliphatic heterocycles. The summed E-state index contributed by atoms with van der Waals surface area (Å²) < 4.78 is 24.6. The number of hydrogen-bond donors (Lipinski definition) is 2. The van der Waals surface area contributed by atoms with Crippen LogP contribution in [0.4, 0.5) is 20.2 Å². The number of nitrogen functional groups attached to an aromatic ring is 1. The lowest BCUT2D eigenvalue weighted by atomic mass is 9.96. The molecule has 4 atom stereocenters. The number of aliphatic hydroxyl groups is 1. The van der Waals surface area contributed by atoms with Crippen molar-refractivity contribution in [1.29, 1.82) is 0 Å². The van der Waals surface area contributed by atoms with Crippen LogP contribution in [0.2, 0.25) is 0 Å². The fourth-order valence-electron chi connectivity index (χ4n) is 6.58. The van der Waals surface area contributed by atoms with E-state index < -0.39 is 71.0 Å². The average Bonchev–Trinajstić information content (AvgIpc) is 3.55. The number of nitrogens with zero attached hydrogens (tertiary/aromatic N) is 6. The summed E-state index contributed by atoms with van der Waals surface area (Å²) in [6, 6.07) is 0.740. The second-order valence-electron chi connectivity index (χ2n) is 17.5. The third-order valence-electron chi connectivity index (χ3n) is 9.15. The lowest BCUT2D eigenvalue weighted by Crippen LogP contribution is -2.52. The van der Waals surface area contributed by atoms with Gasteiger partial charge in [0.25, 0.3) is 0 Å². The van der Waals surface area contributed by atoms with Crippen molar-refractivity contribution in [2.75, 3.05) is 58.1 Å². The third-order valence-corrected chi connectivity index (χ3v) is 9.15. The molecule has 2 fully saturated rings. The Labute approximate surface area is 331 Å². The van der Waals surface area contributed by atoms with Crippen LogP contribution in [0.15, 0.2) is 17.1 Å². The van der Waals surface area contributed by atoms with Crippen LogP contribution in [0.25, 0.3) is 0 Å². The quantitative estimate of drug-likeness (QED) is 0.369. The lowest BCUT2D eigenvalue weighted by Gasteiger charge is -2.36. The second-order valence-corrected chi connectivity index (χ2v) is 17.5. The fourth-order valence-corrected chi connectivity index (χ4v) is 6.58. The van der Waals surface area contributed by atoms with Crippen molar-refractivity contribution < 1.29 is 43.2 Å². The van der Waals surface area contributed by atoms with Crippen LogP contribution in [0.3, 0.4) is 0 Å². The van der Waals surface area contributed by atoms with E-state index in [1.807, 2.05) is 11.8 Å². The van der Waals surface area contributed by atoms with E-state index >= 15 is 0 Å². The predicted molar refractivity (Wildman–Crippen MR) is 210 cm³/mol. The number of nitrogens with two attached hydrogens (primary N) is 1. The van der Waals surface area contributed by atoms with Crippen LogP contribution in [-0.4, -0.2) is 146 Å². The van der Waals surface area contributed by atoms with Gasteiger partial charge in [-0.05, 0) is 100 Å². The number of hydrogen-bond acceptors (Lipinski definition) is 13. The van der Waals surface area contributed by atoms with E-state index in [2.05, 4.69) is 4.98 Å². The van der Waals surface area contributed by atoms with Crippen LogP contribution in [-0.2, 0) is 23.7 Å². The first-order valence-corrected chi connectivity index (χ1v) is 19.9. The molecule has 0 bridgehead atoms. The van der Waals surface area contributed by atoms with Crippen molar-refractivity contribution in [3.63, 3.8) is 0 Å². The average molecular weight is 794 g/mol. The molecule has 0 saturated carbocycles. The molecule has 2 unspecified atom stereocenters. The molecule has 0 spiro atoms. The van der Waals surface area contributed by atoms with E-state index in [9.17, 15) is 29.1 Å². The topological polar surface area (TPSA) is 199 Å². The Hall–Kier alpha value is -3.96. The summed E-state index contributed by atoms with van der Waals surface area (Å²) >= 11 is 0. The molecule has 318 valence electrons. The number of amides is 3. The largest absolute Gasteiger partial charge is 0.444 e. The minimum Gasteiger partial charge on any atom is -0.444 e. The molecule has 2 aliphatic rings. The predicted octanol–water partition coefficient (Wildman–Crippen LogP) is 4.41. The summed E-state index contributed by atoms with van der Waals surface area (Å²) in [6.45, 7) is 19.8. The monoisotopic (exact) mass is 793 g/mol. The van der Waals surface area contributed by atoms with Crippen molar-refractivity contribution >= 4 is 29.9 Å². The lowest BCUT2D eigenvalue weighted by molar-refractivity contribution is -0.143. The van der Waals surface area contributed by atoms with E-state index in [0.29, 0.717) is 45.1 Å². The van der Waals surface area contributed by atoms with Gasteiger partial charge in [-0.25, -0.2) is 19.2 Å². The number of carbonyl (C=O) groups is 4. The summed E-state index contributed by atoms with van der Waals surface area (Å²) in [4.78, 5) is 77.6. The number of aliphatic hydroxyl groups excluding tert-OH is 1. The Balaban J connectivity index is 1.92. The highest BCUT2D eigenvalue weighted by atomic mass is 16.6. The number of Topliss-reactive ketones (excluding diaryl/α,β-unsaturated/α-hetero) is 1. The highest BCUT2D eigenvalue weighted by Crippen LogP contribution is 2.30. The number of carbonyl (C=O) groups excluding carboxylic acids is 4. The Bertz CT molecular complexity index is 1530. The van der Waals surface area contributed by atoms with Gasteiger partial charge in [0.1, 0.15) is 35.0 Å². The van der Waals surface area contributed by atoms with Crippen molar-refractivity contribution in [3.05, 3.63) is 22.7 Å². The summed E-state index contributed by atoms with van der Waals surface area (Å²) in [5.74, 6) is -0.347. The SMILES string of the molecule is CCCC(C(=O)C(O)[C@@H]1CC[C@H](n2ccc(N)nc2=O)O1)N1CCCN(C(=O)OC(C)(C)C)CCN(C(=O)OC(C)(C)C)CCCN(C(=O)OC(C)(C)C)CC1. The smallest absolute Gasteiger partial charge is 0.410 e. The number of aromatic nitrogens is 2. The van der Waals surface area contributed by atoms with Gasteiger partial charge < -0.3 is 44.5 Å². The normalized spacial score (nSPS) is 21.2. The Morgan fingerprint density at radius 3 is 1.70 bits per heavy atom. The standard InChI is InChI=1S/C39H67N7O10/c1-11-14-27(31(47)32(48)28-15-16-30(53-28)46-22-17-29(40)41-33(46)49)42-18-12-19-44(35(51)55-38(5,6)7)25-26-45(36(52)56-39(8,9)10)21-13-20-43(24-23-42)34(50)54-37(2,3)4/h17,22,27-28,30,32,48H,11-16,18-21,23-26H2,1-10H3,(H2,40,41,49)/t27?,28-,30+,32?/m0/s1. The molecule has 0 aromatic carbocycles. The van der Waals surface area contributed by atoms with Crippen LogP contribution >= 0.6 is 0 Å². The van der Waals surface area contributed by atoms with Gasteiger partial charge in [0.05, 0.1) is 12.1 Å². The third kappa shape index (κ3) is 14.8. The highest BCUT2D eigenvalue weighted by molar-refractivity contribution is 5.88. The minimum absolute atomic E-state index is 0.0814. The van der Waals surface area contributed by atoms with Gasteiger partial charge in [0.2, 0.25) is 0 Å². The summed E-state index contributed by atoms with van der Waals surface area (Å²) in [5.41, 5.74) is 2.80. The first-order valence-electron chi connectivity index (χ1n) is 19.9. The molecule has 1 aromatic rings. The van der Waals surface area contributed by atoms with Crippen LogP contribution in [0, 0.1) is 0 Å². The Morgan fingerprint density at radius 2 is 1.25 bits per heavy atom. The van der Waals surface area contributed by atoms with E-state index in [1.165, 1.54) is 16.8 Å². The molecule has 3 N–H and O–H groups in total. The summed E-state index contributed by atoms with van der Waals surface area (Å²) in [7, 11) is 0. The fraction of sp³-hybridized carbons (Fsp3) is 0.795. The maximum atomic E-state index is 14.3. The zero-order valence-corrected chi connectivity index (χ0v) is 35.2. The first kappa shape index (κ1) is 46.4. The summed E-state index contributed by atoms with van der Waals surface area (Å²) in [6.07, 6.45) is -0.593. The van der Waals surface area contributed by atoms with E-state index in [-0.39, 0.29) is 51.6 Å². The molecule has 17 nitrogen and oxygen atoms in total. The van der Waals surface area contributed by atoms with Crippen LogP contribution in [0.5, 0.6) is 0 Å². The van der Waals surface area contributed by atoms with Crippen molar-refractivity contribution in [3.8, 4) is 0 Å². The molecule has 1 aromatic heterocycles. The van der Waals surface area contributed by atoms with Crippen molar-refractivity contribution in [2.24, 2.45) is 0 Å². The number of ketones is 1. The molecule has 0 aliphatic carbocycles. The van der Waals surface area contributed by atoms with E-state index in [1.54, 1.807) is 77.0 Å². The van der Waals surface area contributed by atoms with Gasteiger partial charge in [0, 0.05) is 58.6 Å². The molecular weight excluding hydrogens is 726 g/mol. The van der Waals surface area contributed by atoms with Crippen molar-refractivity contribution in [1.82, 2.24) is 29.2 Å². The van der Waals surface area contributed by atoms with Gasteiger partial charge >= 0.3 is 24.0 Å². The van der Waals surface area contributed by atoms with Crippen molar-refractivity contribution in [2.45, 2.75) is 149 Å². The van der Waals surface area contributed by atoms with E-state index in [4.69, 9.17) is 24.7 Å². The zero-order chi connectivity index (χ0) is 42.0. The van der Waals surface area contributed by atoms with Gasteiger partial charge in [-0.3, -0.25) is 14.3 Å². The molecule has 0 radical (unpaired) electrons. The van der Waals surface area contributed by atoms with Gasteiger partial charge in [-0.2, -0.15) is 4.98 Å². The number of rotatable bonds is 7. The number of anilines is 1. The maximum absolute atomic E-state index is 14.3. The maximum Gasteiger partial charge on any atom is 0.410 e. The zero-order valence-electron chi connectivity index (χ0n) is 35.2. The molecule has 17 heteroatoms. The van der Waals surface area contributed by atoms with Crippen LogP contribution in [0.1, 0.15) is 114 Å². The number of ether oxygens (including phenoxy) is 4.